The molecule has 36 heavy (non-hydrogen) atoms. The highest BCUT2D eigenvalue weighted by atomic mass is 35.5. The van der Waals surface area contributed by atoms with Crippen molar-refractivity contribution in [2.75, 3.05) is 21.3 Å². The Morgan fingerprint density at radius 2 is 1.64 bits per heavy atom. The van der Waals surface area contributed by atoms with Crippen LogP contribution in [0.25, 0.3) is 11.6 Å². The summed E-state index contributed by atoms with van der Waals surface area (Å²) in [5.41, 5.74) is 6.77. The molecule has 0 spiro atoms. The number of anilines is 5. The van der Waals surface area contributed by atoms with Crippen LogP contribution in [-0.2, 0) is 4.79 Å². The molecule has 0 bridgehead atoms. The molecule has 2 heterocycles. The fraction of sp³-hybridized carbons (Fsp3) is 0.0370. The van der Waals surface area contributed by atoms with Crippen LogP contribution in [0.4, 0.5) is 33.2 Å². The molecule has 7 nitrogen and oxygen atoms in total. The number of nitrogens with one attached hydrogen (secondary N) is 5. The molecule has 0 saturated carbocycles. The Kier molecular flexibility index (Phi) is 6.41. The van der Waals surface area contributed by atoms with E-state index >= 15 is 0 Å². The van der Waals surface area contributed by atoms with Gasteiger partial charge in [0, 0.05) is 40.2 Å². The Balaban J connectivity index is 1.31. The minimum atomic E-state index is -0.412. The summed E-state index contributed by atoms with van der Waals surface area (Å²) in [6, 6.07) is 19.5. The van der Waals surface area contributed by atoms with Gasteiger partial charge in [-0.05, 0) is 73.2 Å². The maximum atomic E-state index is 12.5. The first-order chi connectivity index (χ1) is 17.4. The molecule has 0 radical (unpaired) electrons. The number of rotatable bonds is 5. The standard InChI is InChI=1S/C27H21Cl2N5O2/c1-15-4-5-19(33-27(36)32-17-7-9-22(28)23(29)12-17)13-24(15)31-18-6-8-20-21(11-16-3-2-10-30-16)26(35)34-25(20)14-18/h2-14,30-31H,1H3,(H,34,35)(H2,32,33,36)/b21-11+. The normalized spacial score (nSPS) is 13.3. The molecule has 0 unspecified atom stereocenters. The zero-order valence-electron chi connectivity index (χ0n) is 19.1. The smallest absolute Gasteiger partial charge is 0.323 e. The molecule has 1 aliphatic rings. The number of H-pyrrole nitrogens is 1. The van der Waals surface area contributed by atoms with Crippen LogP contribution in [-0.4, -0.2) is 16.9 Å². The number of amides is 3. The molecular formula is C27H21Cl2N5O2. The zero-order valence-corrected chi connectivity index (χ0v) is 20.6. The van der Waals surface area contributed by atoms with Crippen molar-refractivity contribution in [2.45, 2.75) is 6.92 Å². The lowest BCUT2D eigenvalue weighted by Gasteiger charge is -2.14. The molecule has 9 heteroatoms. The predicted octanol–water partition coefficient (Wildman–Crippen LogP) is 7.51. The van der Waals surface area contributed by atoms with E-state index in [1.54, 1.807) is 18.2 Å². The fourth-order valence-corrected chi connectivity index (χ4v) is 4.16. The molecular weight excluding hydrogens is 497 g/mol. The Labute approximate surface area is 217 Å². The second-order valence-electron chi connectivity index (χ2n) is 8.26. The number of halogens is 2. The highest BCUT2D eigenvalue weighted by molar-refractivity contribution is 6.42. The monoisotopic (exact) mass is 517 g/mol. The lowest BCUT2D eigenvalue weighted by molar-refractivity contribution is -0.110. The topological polar surface area (TPSA) is 98.0 Å². The maximum absolute atomic E-state index is 12.5. The van der Waals surface area contributed by atoms with E-state index in [0.29, 0.717) is 27.0 Å². The van der Waals surface area contributed by atoms with Gasteiger partial charge in [-0.3, -0.25) is 4.79 Å². The third kappa shape index (κ3) is 5.07. The molecule has 0 aliphatic carbocycles. The predicted molar refractivity (Wildman–Crippen MR) is 147 cm³/mol. The molecule has 3 aromatic carbocycles. The second-order valence-corrected chi connectivity index (χ2v) is 9.08. The van der Waals surface area contributed by atoms with E-state index in [4.69, 9.17) is 23.2 Å². The average Bonchev–Trinajstić information content (AvgIpc) is 3.46. The first-order valence-corrected chi connectivity index (χ1v) is 11.8. The van der Waals surface area contributed by atoms with Crippen LogP contribution in [0.15, 0.2) is 72.9 Å². The lowest BCUT2D eigenvalue weighted by atomic mass is 10.1. The quantitative estimate of drug-likeness (QED) is 0.177. The molecule has 0 atom stereocenters. The second kappa shape index (κ2) is 9.81. The van der Waals surface area contributed by atoms with Crippen molar-refractivity contribution < 1.29 is 9.59 Å². The number of urea groups is 1. The van der Waals surface area contributed by atoms with Crippen LogP contribution in [0.1, 0.15) is 16.8 Å². The Bertz CT molecular complexity index is 1510. The number of hydrogen-bond acceptors (Lipinski definition) is 3. The Morgan fingerprint density at radius 1 is 0.889 bits per heavy atom. The number of carbonyl (C=O) groups excluding carboxylic acids is 2. The van der Waals surface area contributed by atoms with Crippen LogP contribution in [0.3, 0.4) is 0 Å². The van der Waals surface area contributed by atoms with E-state index in [2.05, 4.69) is 26.3 Å². The largest absolute Gasteiger partial charge is 0.362 e. The van der Waals surface area contributed by atoms with Crippen LogP contribution < -0.4 is 21.3 Å². The highest BCUT2D eigenvalue weighted by Gasteiger charge is 2.24. The number of aryl methyl sites for hydroxylation is 1. The third-order valence-corrected chi connectivity index (χ3v) is 6.42. The van der Waals surface area contributed by atoms with Gasteiger partial charge in [-0.2, -0.15) is 0 Å². The van der Waals surface area contributed by atoms with Crippen molar-refractivity contribution in [1.82, 2.24) is 4.98 Å². The van der Waals surface area contributed by atoms with E-state index in [0.717, 1.165) is 33.9 Å². The molecule has 180 valence electrons. The van der Waals surface area contributed by atoms with Crippen molar-refractivity contribution in [3.63, 3.8) is 0 Å². The van der Waals surface area contributed by atoms with E-state index in [-0.39, 0.29) is 5.91 Å². The summed E-state index contributed by atoms with van der Waals surface area (Å²) in [6.45, 7) is 1.97. The van der Waals surface area contributed by atoms with Gasteiger partial charge in [0.2, 0.25) is 0 Å². The van der Waals surface area contributed by atoms with Gasteiger partial charge in [0.05, 0.1) is 21.3 Å². The number of aromatic nitrogens is 1. The average molecular weight is 518 g/mol. The van der Waals surface area contributed by atoms with Crippen LogP contribution in [0, 0.1) is 6.92 Å². The minimum Gasteiger partial charge on any atom is -0.362 e. The maximum Gasteiger partial charge on any atom is 0.323 e. The van der Waals surface area contributed by atoms with Gasteiger partial charge in [0.15, 0.2) is 0 Å². The molecule has 1 aliphatic heterocycles. The SMILES string of the molecule is Cc1ccc(NC(=O)Nc2ccc(Cl)c(Cl)c2)cc1Nc1ccc2c(c1)NC(=O)/C2=C/c1ccc[nH]1. The fourth-order valence-electron chi connectivity index (χ4n) is 3.86. The van der Waals surface area contributed by atoms with Crippen molar-refractivity contribution in [2.24, 2.45) is 0 Å². The molecule has 1 aromatic heterocycles. The van der Waals surface area contributed by atoms with Crippen molar-refractivity contribution in [1.29, 1.82) is 0 Å². The first kappa shape index (κ1) is 23.5. The van der Waals surface area contributed by atoms with E-state index < -0.39 is 6.03 Å². The van der Waals surface area contributed by atoms with Gasteiger partial charge < -0.3 is 26.3 Å². The first-order valence-electron chi connectivity index (χ1n) is 11.1. The van der Waals surface area contributed by atoms with Crippen LogP contribution in [0.5, 0.6) is 0 Å². The van der Waals surface area contributed by atoms with Crippen molar-refractivity contribution in [3.05, 3.63) is 99.8 Å². The third-order valence-electron chi connectivity index (χ3n) is 5.68. The molecule has 5 rings (SSSR count). The summed E-state index contributed by atoms with van der Waals surface area (Å²) in [7, 11) is 0. The van der Waals surface area contributed by atoms with Crippen molar-refractivity contribution in [3.8, 4) is 0 Å². The van der Waals surface area contributed by atoms with E-state index in [1.165, 1.54) is 0 Å². The summed E-state index contributed by atoms with van der Waals surface area (Å²) >= 11 is 11.9. The van der Waals surface area contributed by atoms with Crippen molar-refractivity contribution >= 4 is 75.2 Å². The van der Waals surface area contributed by atoms with Gasteiger partial charge in [0.25, 0.3) is 5.91 Å². The summed E-state index contributed by atoms with van der Waals surface area (Å²) in [5.74, 6) is -0.146. The summed E-state index contributed by atoms with van der Waals surface area (Å²) < 4.78 is 0. The summed E-state index contributed by atoms with van der Waals surface area (Å²) in [6.07, 6.45) is 3.64. The number of benzene rings is 3. The lowest BCUT2D eigenvalue weighted by Crippen LogP contribution is -2.19. The van der Waals surface area contributed by atoms with Gasteiger partial charge in [-0.1, -0.05) is 35.3 Å². The van der Waals surface area contributed by atoms with Gasteiger partial charge >= 0.3 is 6.03 Å². The number of hydrogen-bond donors (Lipinski definition) is 5. The van der Waals surface area contributed by atoms with Gasteiger partial charge in [-0.15, -0.1) is 0 Å². The Hall–Kier alpha value is -4.20. The van der Waals surface area contributed by atoms with E-state index in [1.807, 2.05) is 67.7 Å². The molecule has 4 aromatic rings. The molecule has 0 saturated heterocycles. The number of fused-ring (bicyclic) bond motifs is 1. The molecule has 3 amide bonds. The zero-order chi connectivity index (χ0) is 25.2. The number of carbonyl (C=O) groups is 2. The molecule has 5 N–H and O–H groups in total. The summed E-state index contributed by atoms with van der Waals surface area (Å²) in [4.78, 5) is 28.1. The number of aromatic amines is 1. The van der Waals surface area contributed by atoms with Gasteiger partial charge in [-0.25, -0.2) is 4.79 Å². The van der Waals surface area contributed by atoms with Crippen LogP contribution >= 0.6 is 23.2 Å². The van der Waals surface area contributed by atoms with E-state index in [9.17, 15) is 9.59 Å². The highest BCUT2D eigenvalue weighted by Crippen LogP contribution is 2.36. The van der Waals surface area contributed by atoms with Gasteiger partial charge in [0.1, 0.15) is 0 Å². The molecule has 0 fully saturated rings. The summed E-state index contributed by atoms with van der Waals surface area (Å²) in [5, 5.41) is 12.6. The minimum absolute atomic E-state index is 0.146. The van der Waals surface area contributed by atoms with Crippen LogP contribution in [0.2, 0.25) is 10.0 Å². The Morgan fingerprint density at radius 3 is 2.39 bits per heavy atom.